The monoisotopic (exact) mass is 294 g/mol. The maximum atomic E-state index is 12.2. The highest BCUT2D eigenvalue weighted by molar-refractivity contribution is 6.19. The number of para-hydroxylation sites is 1. The summed E-state index contributed by atoms with van der Waals surface area (Å²) in [6, 6.07) is 16.8. The predicted octanol–water partition coefficient (Wildman–Crippen LogP) is 2.37. The number of hydrogen-bond acceptors (Lipinski definition) is 4. The Bertz CT molecular complexity index is 754. The molecule has 1 N–H and O–H groups in total. The zero-order valence-electron chi connectivity index (χ0n) is 11.9. The van der Waals surface area contributed by atoms with Crippen LogP contribution in [0.2, 0.25) is 0 Å². The van der Waals surface area contributed by atoms with Gasteiger partial charge in [0.2, 0.25) is 0 Å². The first kappa shape index (κ1) is 14.0. The van der Waals surface area contributed by atoms with Crippen molar-refractivity contribution < 1.29 is 14.3 Å². The van der Waals surface area contributed by atoms with E-state index in [-0.39, 0.29) is 0 Å². The second-order valence-electron chi connectivity index (χ2n) is 4.84. The number of ether oxygens (including phenoxy) is 1. The lowest BCUT2D eigenvalue weighted by atomic mass is 10.0. The van der Waals surface area contributed by atoms with Crippen molar-refractivity contribution in [3.8, 4) is 0 Å². The fourth-order valence-electron chi connectivity index (χ4n) is 2.30. The molecule has 0 aliphatic carbocycles. The molecule has 3 rings (SSSR count). The van der Waals surface area contributed by atoms with Gasteiger partial charge >= 0.3 is 5.97 Å². The maximum absolute atomic E-state index is 12.2. The summed E-state index contributed by atoms with van der Waals surface area (Å²) in [5, 5.41) is 2.75. The van der Waals surface area contributed by atoms with Crippen molar-refractivity contribution in [3.63, 3.8) is 0 Å². The molecule has 2 aromatic rings. The van der Waals surface area contributed by atoms with Gasteiger partial charge in [-0.3, -0.25) is 9.59 Å². The zero-order chi connectivity index (χ0) is 15.5. The fourth-order valence-corrected chi connectivity index (χ4v) is 2.30. The van der Waals surface area contributed by atoms with Gasteiger partial charge < -0.3 is 10.1 Å². The van der Waals surface area contributed by atoms with Crippen molar-refractivity contribution >= 4 is 23.3 Å². The molecule has 0 saturated carbocycles. The van der Waals surface area contributed by atoms with Crippen molar-refractivity contribution in [2.75, 3.05) is 5.32 Å². The van der Waals surface area contributed by atoms with Gasteiger partial charge in [0, 0.05) is 18.1 Å². The van der Waals surface area contributed by atoms with Crippen LogP contribution in [-0.4, -0.2) is 23.8 Å². The Labute approximate surface area is 127 Å². The molecule has 22 heavy (non-hydrogen) atoms. The van der Waals surface area contributed by atoms with Crippen LogP contribution in [0, 0.1) is 0 Å². The van der Waals surface area contributed by atoms with Crippen LogP contribution in [0.15, 0.2) is 59.6 Å². The van der Waals surface area contributed by atoms with E-state index in [9.17, 15) is 9.59 Å². The first-order valence-electron chi connectivity index (χ1n) is 6.86. The summed E-state index contributed by atoms with van der Waals surface area (Å²) in [6.45, 7) is 1.25. The molecule has 0 saturated heterocycles. The fraction of sp³-hybridized carbons (Fsp3) is 0.118. The van der Waals surface area contributed by atoms with E-state index in [1.807, 2.05) is 48.5 Å². The lowest BCUT2D eigenvalue weighted by molar-refractivity contribution is -0.151. The number of benzene rings is 2. The third-order valence-electron chi connectivity index (χ3n) is 3.24. The highest BCUT2D eigenvalue weighted by atomic mass is 16.6. The van der Waals surface area contributed by atoms with E-state index >= 15 is 0 Å². The number of fused-ring (bicyclic) bond motifs is 1. The molecule has 0 radical (unpaired) electrons. The Morgan fingerprint density at radius 2 is 1.77 bits per heavy atom. The minimum Gasteiger partial charge on any atom is -0.430 e. The van der Waals surface area contributed by atoms with Crippen LogP contribution < -0.4 is 5.32 Å². The number of benzodiazepines with no additional fused rings is 1. The molecular weight excluding hydrogens is 280 g/mol. The highest BCUT2D eigenvalue weighted by Gasteiger charge is 2.27. The minimum absolute atomic E-state index is 0.464. The van der Waals surface area contributed by atoms with Crippen molar-refractivity contribution in [2.45, 2.75) is 13.2 Å². The topological polar surface area (TPSA) is 67.8 Å². The smallest absolute Gasteiger partial charge is 0.305 e. The molecule has 0 spiro atoms. The summed E-state index contributed by atoms with van der Waals surface area (Å²) in [6.07, 6.45) is -1.19. The minimum atomic E-state index is -1.19. The molecule has 1 atom stereocenters. The lowest BCUT2D eigenvalue weighted by Crippen LogP contribution is -2.29. The van der Waals surface area contributed by atoms with Crippen molar-refractivity contribution in [3.05, 3.63) is 65.7 Å². The molecule has 0 aromatic heterocycles. The molecule has 5 heteroatoms. The van der Waals surface area contributed by atoms with E-state index < -0.39 is 18.1 Å². The van der Waals surface area contributed by atoms with Gasteiger partial charge in [0.05, 0.1) is 11.4 Å². The summed E-state index contributed by atoms with van der Waals surface area (Å²) < 4.78 is 5.03. The Hall–Kier alpha value is -2.95. The van der Waals surface area contributed by atoms with Crippen molar-refractivity contribution in [1.29, 1.82) is 0 Å². The normalized spacial score (nSPS) is 16.9. The highest BCUT2D eigenvalue weighted by Crippen LogP contribution is 2.24. The lowest BCUT2D eigenvalue weighted by Gasteiger charge is -2.10. The van der Waals surface area contributed by atoms with Gasteiger partial charge in [0.25, 0.3) is 12.1 Å². The molecule has 110 valence electrons. The average Bonchev–Trinajstić information content (AvgIpc) is 2.65. The van der Waals surface area contributed by atoms with Crippen LogP contribution in [0.5, 0.6) is 0 Å². The number of anilines is 1. The number of hydrogen-bond donors (Lipinski definition) is 1. The Morgan fingerprint density at radius 3 is 2.50 bits per heavy atom. The number of aliphatic imine (C=N–C) groups is 1. The molecular formula is C17H14N2O3. The van der Waals surface area contributed by atoms with Gasteiger partial charge in [-0.15, -0.1) is 0 Å². The molecule has 1 amide bonds. The summed E-state index contributed by atoms with van der Waals surface area (Å²) in [7, 11) is 0. The molecule has 0 fully saturated rings. The van der Waals surface area contributed by atoms with Gasteiger partial charge in [0.15, 0.2) is 0 Å². The summed E-state index contributed by atoms with van der Waals surface area (Å²) in [4.78, 5) is 27.8. The number of amides is 1. The number of rotatable bonds is 2. The van der Waals surface area contributed by atoms with Gasteiger partial charge in [-0.25, -0.2) is 4.99 Å². The number of carbonyl (C=O) groups is 2. The first-order valence-corrected chi connectivity index (χ1v) is 6.86. The molecule has 1 heterocycles. The number of nitrogens with zero attached hydrogens (tertiary/aromatic N) is 1. The first-order chi connectivity index (χ1) is 10.6. The van der Waals surface area contributed by atoms with Gasteiger partial charge in [-0.05, 0) is 6.07 Å². The summed E-state index contributed by atoms with van der Waals surface area (Å²) >= 11 is 0. The Balaban J connectivity index is 2.15. The SMILES string of the molecule is CC(=O)O[C@H]1N=C(c2ccccc2)c2ccccc2NC1=O. The molecule has 2 aromatic carbocycles. The third kappa shape index (κ3) is 2.74. The van der Waals surface area contributed by atoms with Crippen LogP contribution >= 0.6 is 0 Å². The number of carbonyl (C=O) groups excluding carboxylic acids is 2. The van der Waals surface area contributed by atoms with Gasteiger partial charge in [-0.1, -0.05) is 48.5 Å². The van der Waals surface area contributed by atoms with E-state index in [1.165, 1.54) is 6.92 Å². The summed E-state index contributed by atoms with van der Waals surface area (Å²) in [5.74, 6) is -1.02. The van der Waals surface area contributed by atoms with Crippen LogP contribution in [-0.2, 0) is 14.3 Å². The maximum Gasteiger partial charge on any atom is 0.305 e. The van der Waals surface area contributed by atoms with Crippen molar-refractivity contribution in [2.24, 2.45) is 4.99 Å². The standard InChI is InChI=1S/C17H14N2O3/c1-11(20)22-17-16(21)18-14-10-6-5-9-13(14)15(19-17)12-7-3-2-4-8-12/h2-10,17H,1H3,(H,18,21)/t17-/m1/s1. The number of esters is 1. The Kier molecular flexibility index (Phi) is 3.70. The van der Waals surface area contributed by atoms with Gasteiger partial charge in [0.1, 0.15) is 0 Å². The van der Waals surface area contributed by atoms with Gasteiger partial charge in [-0.2, -0.15) is 0 Å². The largest absolute Gasteiger partial charge is 0.430 e. The second-order valence-corrected chi connectivity index (χ2v) is 4.84. The Morgan fingerprint density at radius 1 is 1.09 bits per heavy atom. The zero-order valence-corrected chi connectivity index (χ0v) is 11.9. The molecule has 1 aliphatic rings. The van der Waals surface area contributed by atoms with Crippen LogP contribution in [0.1, 0.15) is 18.1 Å². The third-order valence-corrected chi connectivity index (χ3v) is 3.24. The van der Waals surface area contributed by atoms with E-state index in [0.717, 1.165) is 11.1 Å². The van der Waals surface area contributed by atoms with Crippen molar-refractivity contribution in [1.82, 2.24) is 0 Å². The average molecular weight is 294 g/mol. The predicted molar refractivity (Wildman–Crippen MR) is 82.7 cm³/mol. The van der Waals surface area contributed by atoms with E-state index in [0.29, 0.717) is 11.4 Å². The summed E-state index contributed by atoms with van der Waals surface area (Å²) in [5.41, 5.74) is 2.89. The van der Waals surface area contributed by atoms with E-state index in [4.69, 9.17) is 4.74 Å². The molecule has 0 bridgehead atoms. The van der Waals surface area contributed by atoms with E-state index in [2.05, 4.69) is 10.3 Å². The van der Waals surface area contributed by atoms with Crippen LogP contribution in [0.3, 0.4) is 0 Å². The van der Waals surface area contributed by atoms with E-state index in [1.54, 1.807) is 6.07 Å². The second kappa shape index (κ2) is 5.81. The molecule has 1 aliphatic heterocycles. The quantitative estimate of drug-likeness (QED) is 0.865. The van der Waals surface area contributed by atoms with Crippen LogP contribution in [0.25, 0.3) is 0 Å². The molecule has 0 unspecified atom stereocenters. The number of nitrogens with one attached hydrogen (secondary N) is 1. The van der Waals surface area contributed by atoms with Crippen LogP contribution in [0.4, 0.5) is 5.69 Å². The molecule has 5 nitrogen and oxygen atoms in total.